The number of nitrogens with one attached hydrogen (secondary N) is 1. The van der Waals surface area contributed by atoms with Gasteiger partial charge in [0.05, 0.1) is 0 Å². The molecule has 2 rings (SSSR count). The predicted octanol–water partition coefficient (Wildman–Crippen LogP) is 4.25. The molecule has 1 aromatic rings. The summed E-state index contributed by atoms with van der Waals surface area (Å²) in [6.07, 6.45) is 4.02. The minimum absolute atomic E-state index is 0.412. The first kappa shape index (κ1) is 14.0. The molecule has 0 amide bonds. The molecule has 2 heteroatoms. The molecule has 1 aliphatic carbocycles. The molecular weight excluding hydrogens is 238 g/mol. The number of rotatable bonds is 3. The fourth-order valence-electron chi connectivity index (χ4n) is 3.08. The third-order valence-electron chi connectivity index (χ3n) is 4.14. The molecule has 0 spiro atoms. The topological polar surface area (TPSA) is 12.0 Å². The van der Waals surface area contributed by atoms with Crippen LogP contribution in [0, 0.1) is 12.3 Å². The van der Waals surface area contributed by atoms with Crippen molar-refractivity contribution in [3.63, 3.8) is 0 Å². The van der Waals surface area contributed by atoms with E-state index in [1.54, 1.807) is 0 Å². The third kappa shape index (κ3) is 3.10. The lowest BCUT2D eigenvalue weighted by molar-refractivity contribution is 0.182. The van der Waals surface area contributed by atoms with E-state index in [1.807, 2.05) is 11.8 Å². The van der Waals surface area contributed by atoms with Crippen LogP contribution in [0.2, 0.25) is 0 Å². The van der Waals surface area contributed by atoms with Gasteiger partial charge >= 0.3 is 0 Å². The highest BCUT2D eigenvalue weighted by Gasteiger charge is 2.38. The van der Waals surface area contributed by atoms with Gasteiger partial charge in [0, 0.05) is 16.2 Å². The lowest BCUT2D eigenvalue weighted by Crippen LogP contribution is -2.49. The van der Waals surface area contributed by atoms with E-state index in [1.165, 1.54) is 29.7 Å². The van der Waals surface area contributed by atoms with E-state index < -0.39 is 0 Å². The van der Waals surface area contributed by atoms with Crippen molar-refractivity contribution in [3.8, 4) is 0 Å². The van der Waals surface area contributed by atoms with Crippen molar-refractivity contribution in [3.05, 3.63) is 29.8 Å². The molecule has 0 bridgehead atoms. The molecule has 1 N–H and O–H groups in total. The fraction of sp³-hybridized carbons (Fsp3) is 0.625. The summed E-state index contributed by atoms with van der Waals surface area (Å²) in [6.45, 7) is 6.95. The predicted molar refractivity (Wildman–Crippen MR) is 81.3 cm³/mol. The van der Waals surface area contributed by atoms with Gasteiger partial charge in [0.1, 0.15) is 0 Å². The quantitative estimate of drug-likeness (QED) is 0.875. The molecule has 1 aromatic carbocycles. The van der Waals surface area contributed by atoms with Crippen LogP contribution in [0.15, 0.2) is 29.2 Å². The molecule has 0 aliphatic heterocycles. The van der Waals surface area contributed by atoms with Crippen LogP contribution in [-0.4, -0.2) is 18.3 Å². The molecule has 0 aromatic heterocycles. The van der Waals surface area contributed by atoms with Crippen LogP contribution >= 0.6 is 11.8 Å². The SMILES string of the molecule is CNC1C(Sc2ccc(C)cc2)CCCC1(C)C. The summed E-state index contributed by atoms with van der Waals surface area (Å²) in [5.74, 6) is 0. The Labute approximate surface area is 116 Å². The summed E-state index contributed by atoms with van der Waals surface area (Å²) >= 11 is 2.05. The molecular formula is C16H25NS. The van der Waals surface area contributed by atoms with Crippen LogP contribution in [0.4, 0.5) is 0 Å². The Morgan fingerprint density at radius 3 is 2.50 bits per heavy atom. The van der Waals surface area contributed by atoms with Crippen molar-refractivity contribution in [2.24, 2.45) is 5.41 Å². The first-order valence-electron chi connectivity index (χ1n) is 6.93. The largest absolute Gasteiger partial charge is 0.315 e. The summed E-state index contributed by atoms with van der Waals surface area (Å²) in [6, 6.07) is 9.55. The van der Waals surface area contributed by atoms with Crippen LogP contribution in [0.25, 0.3) is 0 Å². The first-order valence-corrected chi connectivity index (χ1v) is 7.81. The van der Waals surface area contributed by atoms with E-state index in [-0.39, 0.29) is 0 Å². The summed E-state index contributed by atoms with van der Waals surface area (Å²) in [7, 11) is 2.11. The average molecular weight is 263 g/mol. The van der Waals surface area contributed by atoms with E-state index in [4.69, 9.17) is 0 Å². The third-order valence-corrected chi connectivity index (χ3v) is 5.50. The summed E-state index contributed by atoms with van der Waals surface area (Å²) in [4.78, 5) is 1.41. The lowest BCUT2D eigenvalue weighted by Gasteiger charge is -2.43. The van der Waals surface area contributed by atoms with Gasteiger partial charge in [-0.15, -0.1) is 11.8 Å². The van der Waals surface area contributed by atoms with Gasteiger partial charge in [-0.2, -0.15) is 0 Å². The minimum Gasteiger partial charge on any atom is -0.315 e. The van der Waals surface area contributed by atoms with Crippen molar-refractivity contribution in [2.45, 2.75) is 56.2 Å². The van der Waals surface area contributed by atoms with Gasteiger partial charge in [-0.25, -0.2) is 0 Å². The maximum absolute atomic E-state index is 3.56. The molecule has 0 saturated heterocycles. The lowest BCUT2D eigenvalue weighted by atomic mass is 9.73. The van der Waals surface area contributed by atoms with Crippen LogP contribution in [0.1, 0.15) is 38.7 Å². The Morgan fingerprint density at radius 2 is 1.89 bits per heavy atom. The van der Waals surface area contributed by atoms with E-state index in [2.05, 4.69) is 57.4 Å². The molecule has 1 saturated carbocycles. The monoisotopic (exact) mass is 263 g/mol. The maximum atomic E-state index is 3.56. The Balaban J connectivity index is 2.09. The second-order valence-corrected chi connectivity index (χ2v) is 7.43. The number of thioether (sulfide) groups is 1. The molecule has 2 atom stereocenters. The fourth-order valence-corrected chi connectivity index (χ4v) is 4.65. The van der Waals surface area contributed by atoms with Gasteiger partial charge in [0.25, 0.3) is 0 Å². The molecule has 1 nitrogen and oxygen atoms in total. The normalized spacial score (nSPS) is 27.1. The summed E-state index contributed by atoms with van der Waals surface area (Å²) < 4.78 is 0. The molecule has 100 valence electrons. The average Bonchev–Trinajstić information content (AvgIpc) is 2.31. The maximum Gasteiger partial charge on any atom is 0.0253 e. The standard InChI is InChI=1S/C16H25NS/c1-12-7-9-13(10-8-12)18-14-6-5-11-16(2,3)15(14)17-4/h7-10,14-15,17H,5-6,11H2,1-4H3. The van der Waals surface area contributed by atoms with Crippen molar-refractivity contribution < 1.29 is 0 Å². The van der Waals surface area contributed by atoms with Crippen molar-refractivity contribution >= 4 is 11.8 Å². The van der Waals surface area contributed by atoms with Gasteiger partial charge in [0.2, 0.25) is 0 Å². The van der Waals surface area contributed by atoms with Gasteiger partial charge in [-0.05, 0) is 44.4 Å². The molecule has 0 radical (unpaired) electrons. The van der Waals surface area contributed by atoms with Crippen LogP contribution in [0.5, 0.6) is 0 Å². The smallest absolute Gasteiger partial charge is 0.0253 e. The molecule has 1 aliphatic rings. The van der Waals surface area contributed by atoms with Gasteiger partial charge < -0.3 is 5.32 Å². The van der Waals surface area contributed by atoms with Crippen molar-refractivity contribution in [1.29, 1.82) is 0 Å². The summed E-state index contributed by atoms with van der Waals surface area (Å²) in [5, 5.41) is 4.25. The van der Waals surface area contributed by atoms with Gasteiger partial charge in [0.15, 0.2) is 0 Å². The number of benzene rings is 1. The zero-order valence-electron chi connectivity index (χ0n) is 12.0. The Bertz CT molecular complexity index is 383. The minimum atomic E-state index is 0.412. The Morgan fingerprint density at radius 1 is 1.22 bits per heavy atom. The van der Waals surface area contributed by atoms with Crippen molar-refractivity contribution in [2.75, 3.05) is 7.05 Å². The molecule has 18 heavy (non-hydrogen) atoms. The number of hydrogen-bond donors (Lipinski definition) is 1. The number of hydrogen-bond acceptors (Lipinski definition) is 2. The Hall–Kier alpha value is -0.470. The van der Waals surface area contributed by atoms with E-state index in [9.17, 15) is 0 Å². The van der Waals surface area contributed by atoms with E-state index in [0.29, 0.717) is 16.7 Å². The van der Waals surface area contributed by atoms with Gasteiger partial charge in [-0.3, -0.25) is 0 Å². The second-order valence-electron chi connectivity index (χ2n) is 6.12. The first-order chi connectivity index (χ1) is 8.53. The van der Waals surface area contributed by atoms with E-state index in [0.717, 1.165) is 0 Å². The Kier molecular flexibility index (Phi) is 4.39. The van der Waals surface area contributed by atoms with Gasteiger partial charge in [-0.1, -0.05) is 38.0 Å². The highest BCUT2D eigenvalue weighted by molar-refractivity contribution is 8.00. The zero-order chi connectivity index (χ0) is 13.2. The molecule has 0 heterocycles. The van der Waals surface area contributed by atoms with Crippen LogP contribution in [0.3, 0.4) is 0 Å². The highest BCUT2D eigenvalue weighted by atomic mass is 32.2. The molecule has 1 fully saturated rings. The van der Waals surface area contributed by atoms with Crippen molar-refractivity contribution in [1.82, 2.24) is 5.32 Å². The number of aryl methyl sites for hydroxylation is 1. The van der Waals surface area contributed by atoms with Crippen LogP contribution in [-0.2, 0) is 0 Å². The summed E-state index contributed by atoms with van der Waals surface area (Å²) in [5.41, 5.74) is 1.75. The second kappa shape index (κ2) is 5.66. The zero-order valence-corrected chi connectivity index (χ0v) is 12.8. The van der Waals surface area contributed by atoms with E-state index >= 15 is 0 Å². The highest BCUT2D eigenvalue weighted by Crippen LogP contribution is 2.42. The van der Waals surface area contributed by atoms with Crippen LogP contribution < -0.4 is 5.32 Å². The molecule has 2 unspecified atom stereocenters.